The molecular formula is C20H28N2O2S. The third-order valence-corrected chi connectivity index (χ3v) is 5.62. The van der Waals surface area contributed by atoms with Crippen LogP contribution in [0.25, 0.3) is 10.8 Å². The summed E-state index contributed by atoms with van der Waals surface area (Å²) in [4.78, 5) is 0. The maximum absolute atomic E-state index is 11.7. The minimum atomic E-state index is -3.14. The third kappa shape index (κ3) is 6.27. The molecule has 0 bridgehead atoms. The zero-order valence-electron chi connectivity index (χ0n) is 15.0. The van der Waals surface area contributed by atoms with Crippen molar-refractivity contribution >= 4 is 20.8 Å². The zero-order chi connectivity index (χ0) is 18.1. The Bertz CT molecular complexity index is 795. The van der Waals surface area contributed by atoms with Crippen molar-refractivity contribution in [3.8, 4) is 0 Å². The monoisotopic (exact) mass is 360 g/mol. The molecule has 2 aromatic rings. The van der Waals surface area contributed by atoms with Gasteiger partial charge in [-0.1, -0.05) is 68.0 Å². The van der Waals surface area contributed by atoms with Gasteiger partial charge >= 0.3 is 0 Å². The van der Waals surface area contributed by atoms with E-state index >= 15 is 0 Å². The number of benzene rings is 2. The minimum absolute atomic E-state index is 0.202. The summed E-state index contributed by atoms with van der Waals surface area (Å²) in [5.74, 6) is 0.202. The average Bonchev–Trinajstić information content (AvgIpc) is 2.62. The number of rotatable bonds is 10. The Morgan fingerprint density at radius 3 is 2.56 bits per heavy atom. The van der Waals surface area contributed by atoms with Crippen molar-refractivity contribution in [2.24, 2.45) is 0 Å². The van der Waals surface area contributed by atoms with E-state index in [0.29, 0.717) is 19.5 Å². The van der Waals surface area contributed by atoms with Gasteiger partial charge in [0.15, 0.2) is 0 Å². The van der Waals surface area contributed by atoms with Gasteiger partial charge in [-0.3, -0.25) is 0 Å². The number of fused-ring (bicyclic) bond motifs is 1. The van der Waals surface area contributed by atoms with Gasteiger partial charge in [0.05, 0.1) is 5.75 Å². The lowest BCUT2D eigenvalue weighted by Crippen LogP contribution is -2.26. The molecule has 0 unspecified atom stereocenters. The first-order valence-electron chi connectivity index (χ1n) is 8.87. The van der Waals surface area contributed by atoms with Crippen LogP contribution >= 0.6 is 0 Å². The van der Waals surface area contributed by atoms with Crippen molar-refractivity contribution in [3.05, 3.63) is 60.2 Å². The van der Waals surface area contributed by atoms with E-state index in [1.807, 2.05) is 19.1 Å². The van der Waals surface area contributed by atoms with Crippen molar-refractivity contribution in [1.29, 1.82) is 0 Å². The predicted molar refractivity (Wildman–Crippen MR) is 106 cm³/mol. The molecule has 0 aliphatic rings. The van der Waals surface area contributed by atoms with Gasteiger partial charge in [-0.2, -0.15) is 0 Å². The smallest absolute Gasteiger partial charge is 0.211 e. The van der Waals surface area contributed by atoms with E-state index in [1.54, 1.807) is 0 Å². The van der Waals surface area contributed by atoms with Crippen LogP contribution in [0.4, 0.5) is 0 Å². The molecule has 0 radical (unpaired) electrons. The van der Waals surface area contributed by atoms with E-state index in [9.17, 15) is 8.42 Å². The van der Waals surface area contributed by atoms with E-state index in [0.717, 1.165) is 6.42 Å². The summed E-state index contributed by atoms with van der Waals surface area (Å²) in [5.41, 5.74) is 1.27. The summed E-state index contributed by atoms with van der Waals surface area (Å²) in [5, 5.41) is 5.96. The van der Waals surface area contributed by atoms with Crippen molar-refractivity contribution in [3.63, 3.8) is 0 Å². The van der Waals surface area contributed by atoms with E-state index in [1.165, 1.54) is 16.3 Å². The Labute approximate surface area is 151 Å². The molecule has 0 amide bonds. The first-order valence-corrected chi connectivity index (χ1v) is 10.5. The second-order valence-electron chi connectivity index (χ2n) is 6.19. The minimum Gasteiger partial charge on any atom is -0.307 e. The lowest BCUT2D eigenvalue weighted by Gasteiger charge is -2.15. The number of nitrogens with one attached hydrogen (secondary N) is 2. The molecule has 136 valence electrons. The molecule has 25 heavy (non-hydrogen) atoms. The molecule has 0 fully saturated rings. The maximum Gasteiger partial charge on any atom is 0.211 e. The highest BCUT2D eigenvalue weighted by Gasteiger charge is 2.08. The SMILES string of the molecule is CCCCS(=O)(=O)NC/C=C/CN[C@H](C)c1cccc2ccccc12. The van der Waals surface area contributed by atoms with Crippen molar-refractivity contribution in [2.45, 2.75) is 32.7 Å². The van der Waals surface area contributed by atoms with Gasteiger partial charge in [0.25, 0.3) is 0 Å². The van der Waals surface area contributed by atoms with Crippen LogP contribution in [-0.4, -0.2) is 27.3 Å². The largest absolute Gasteiger partial charge is 0.307 e. The molecule has 4 nitrogen and oxygen atoms in total. The number of hydrogen-bond donors (Lipinski definition) is 2. The lowest BCUT2D eigenvalue weighted by molar-refractivity contribution is 0.582. The molecule has 2 N–H and O–H groups in total. The Morgan fingerprint density at radius 1 is 1.04 bits per heavy atom. The predicted octanol–water partition coefficient (Wildman–Crippen LogP) is 3.77. The first-order chi connectivity index (χ1) is 12.0. The summed E-state index contributed by atoms with van der Waals surface area (Å²) in [6, 6.07) is 14.9. The van der Waals surface area contributed by atoms with Crippen LogP contribution in [0.5, 0.6) is 0 Å². The number of unbranched alkanes of at least 4 members (excludes halogenated alkanes) is 1. The van der Waals surface area contributed by atoms with Crippen LogP contribution in [0.3, 0.4) is 0 Å². The van der Waals surface area contributed by atoms with Crippen LogP contribution in [0.1, 0.15) is 38.3 Å². The summed E-state index contributed by atoms with van der Waals surface area (Å²) >= 11 is 0. The number of sulfonamides is 1. The highest BCUT2D eigenvalue weighted by molar-refractivity contribution is 7.89. The normalized spacial score (nSPS) is 13.5. The van der Waals surface area contributed by atoms with Gasteiger partial charge in [-0.25, -0.2) is 13.1 Å². The molecule has 0 aromatic heterocycles. The molecular weight excluding hydrogens is 332 g/mol. The van der Waals surface area contributed by atoms with Crippen molar-refractivity contribution in [1.82, 2.24) is 10.0 Å². The highest BCUT2D eigenvalue weighted by Crippen LogP contribution is 2.23. The van der Waals surface area contributed by atoms with Crippen LogP contribution in [0.15, 0.2) is 54.6 Å². The van der Waals surface area contributed by atoms with Crippen LogP contribution in [0.2, 0.25) is 0 Å². The van der Waals surface area contributed by atoms with E-state index in [4.69, 9.17) is 0 Å². The fourth-order valence-electron chi connectivity index (χ4n) is 2.73. The highest BCUT2D eigenvalue weighted by atomic mass is 32.2. The van der Waals surface area contributed by atoms with Gasteiger partial charge in [0.1, 0.15) is 0 Å². The Morgan fingerprint density at radius 2 is 1.76 bits per heavy atom. The molecule has 0 spiro atoms. The number of hydrogen-bond acceptors (Lipinski definition) is 3. The van der Waals surface area contributed by atoms with Gasteiger partial charge in [-0.05, 0) is 29.7 Å². The van der Waals surface area contributed by atoms with Gasteiger partial charge in [0, 0.05) is 19.1 Å². The molecule has 2 aromatic carbocycles. The van der Waals surface area contributed by atoms with Crippen LogP contribution in [-0.2, 0) is 10.0 Å². The molecule has 0 aliphatic heterocycles. The fourth-order valence-corrected chi connectivity index (χ4v) is 3.89. The van der Waals surface area contributed by atoms with E-state index in [2.05, 4.69) is 59.4 Å². The van der Waals surface area contributed by atoms with Gasteiger partial charge in [0.2, 0.25) is 10.0 Å². The van der Waals surface area contributed by atoms with Crippen LogP contribution < -0.4 is 10.0 Å². The van der Waals surface area contributed by atoms with Gasteiger partial charge in [-0.15, -0.1) is 0 Å². The molecule has 2 rings (SSSR count). The quantitative estimate of drug-likeness (QED) is 0.634. The van der Waals surface area contributed by atoms with Crippen LogP contribution in [0, 0.1) is 0 Å². The zero-order valence-corrected chi connectivity index (χ0v) is 15.9. The summed E-state index contributed by atoms with van der Waals surface area (Å²) in [6.45, 7) is 5.17. The maximum atomic E-state index is 11.7. The molecule has 5 heteroatoms. The summed E-state index contributed by atoms with van der Waals surface area (Å²) < 4.78 is 26.0. The summed E-state index contributed by atoms with van der Waals surface area (Å²) in [7, 11) is -3.14. The van der Waals surface area contributed by atoms with Crippen molar-refractivity contribution in [2.75, 3.05) is 18.8 Å². The molecule has 0 heterocycles. The molecule has 1 atom stereocenters. The average molecular weight is 361 g/mol. The Hall–Kier alpha value is -1.69. The Kier molecular flexibility index (Phi) is 7.62. The molecule has 0 saturated heterocycles. The van der Waals surface area contributed by atoms with E-state index in [-0.39, 0.29) is 11.8 Å². The topological polar surface area (TPSA) is 58.2 Å². The van der Waals surface area contributed by atoms with Crippen molar-refractivity contribution < 1.29 is 8.42 Å². The molecule has 0 saturated carbocycles. The molecule has 0 aliphatic carbocycles. The standard InChI is InChI=1S/C20H28N2O2S/c1-3-4-16-25(23,24)22-15-8-7-14-21-17(2)19-13-9-11-18-10-5-6-12-20(18)19/h5-13,17,21-22H,3-4,14-16H2,1-2H3/b8-7+/t17-/m1/s1. The second kappa shape index (κ2) is 9.70. The van der Waals surface area contributed by atoms with E-state index < -0.39 is 10.0 Å². The third-order valence-electron chi connectivity index (χ3n) is 4.19. The Balaban J connectivity index is 1.81. The lowest BCUT2D eigenvalue weighted by atomic mass is 10.00. The first kappa shape index (κ1) is 19.6. The summed E-state index contributed by atoms with van der Waals surface area (Å²) in [6.07, 6.45) is 5.40. The second-order valence-corrected chi connectivity index (χ2v) is 8.12. The van der Waals surface area contributed by atoms with Gasteiger partial charge < -0.3 is 5.32 Å². The fraction of sp³-hybridized carbons (Fsp3) is 0.400.